The van der Waals surface area contributed by atoms with Gasteiger partial charge in [0.1, 0.15) is 5.75 Å². The Hall–Kier alpha value is -3.28. The van der Waals surface area contributed by atoms with E-state index in [2.05, 4.69) is 9.97 Å². The average Bonchev–Trinajstić information content (AvgIpc) is 3.26. The van der Waals surface area contributed by atoms with Gasteiger partial charge in [-0.25, -0.2) is 4.79 Å². The van der Waals surface area contributed by atoms with Crippen molar-refractivity contribution in [2.75, 3.05) is 13.7 Å². The summed E-state index contributed by atoms with van der Waals surface area (Å²) in [6.45, 7) is 9.92. The van der Waals surface area contributed by atoms with Gasteiger partial charge in [0.2, 0.25) is 0 Å². The van der Waals surface area contributed by atoms with Crippen molar-refractivity contribution < 1.29 is 19.1 Å². The molecule has 30 heavy (non-hydrogen) atoms. The van der Waals surface area contributed by atoms with E-state index in [1.165, 1.54) is 0 Å². The Morgan fingerprint density at radius 2 is 1.60 bits per heavy atom. The first-order valence-corrected chi connectivity index (χ1v) is 9.97. The van der Waals surface area contributed by atoms with Gasteiger partial charge < -0.3 is 19.4 Å². The first kappa shape index (κ1) is 21.4. The zero-order chi connectivity index (χ0) is 22.0. The maximum Gasteiger partial charge on any atom is 0.339 e. The zero-order valence-electron chi connectivity index (χ0n) is 18.3. The van der Waals surface area contributed by atoms with Crippen LogP contribution in [-0.2, 0) is 4.74 Å². The fraction of sp³-hybridized carbons (Fsp3) is 0.333. The van der Waals surface area contributed by atoms with Crippen molar-refractivity contribution >= 4 is 12.3 Å². The number of aromatic nitrogens is 2. The second kappa shape index (κ2) is 8.61. The van der Waals surface area contributed by atoms with Gasteiger partial charge in [0.15, 0.2) is 6.29 Å². The smallest absolute Gasteiger partial charge is 0.339 e. The number of hydrogen-bond acceptors (Lipinski definition) is 4. The Kier molecular flexibility index (Phi) is 6.15. The van der Waals surface area contributed by atoms with Crippen LogP contribution >= 0.6 is 0 Å². The van der Waals surface area contributed by atoms with E-state index in [0.717, 1.165) is 51.5 Å². The van der Waals surface area contributed by atoms with Crippen LogP contribution in [0, 0.1) is 27.7 Å². The molecule has 3 aromatic rings. The number of esters is 1. The van der Waals surface area contributed by atoms with Crippen LogP contribution in [-0.4, -0.2) is 35.9 Å². The number of rotatable bonds is 7. The van der Waals surface area contributed by atoms with Crippen LogP contribution in [0.25, 0.3) is 0 Å². The molecule has 0 saturated heterocycles. The van der Waals surface area contributed by atoms with Crippen LogP contribution < -0.4 is 4.74 Å². The van der Waals surface area contributed by atoms with Gasteiger partial charge in [-0.05, 0) is 75.6 Å². The lowest BCUT2D eigenvalue weighted by molar-refractivity contribution is 0.0525. The van der Waals surface area contributed by atoms with Crippen LogP contribution in [0.15, 0.2) is 24.3 Å². The summed E-state index contributed by atoms with van der Waals surface area (Å²) in [4.78, 5) is 30.6. The first-order valence-electron chi connectivity index (χ1n) is 9.97. The average molecular weight is 408 g/mol. The normalized spacial score (nSPS) is 11.9. The van der Waals surface area contributed by atoms with E-state index in [9.17, 15) is 9.59 Å². The summed E-state index contributed by atoms with van der Waals surface area (Å²) in [5.41, 5.74) is 7.62. The van der Waals surface area contributed by atoms with Crippen molar-refractivity contribution in [1.82, 2.24) is 9.97 Å². The molecular weight excluding hydrogens is 380 g/mol. The number of carbonyl (C=O) groups excluding carboxylic acids is 2. The van der Waals surface area contributed by atoms with Crippen LogP contribution in [0.5, 0.6) is 5.75 Å². The lowest BCUT2D eigenvalue weighted by Crippen LogP contribution is -2.09. The van der Waals surface area contributed by atoms with E-state index in [0.29, 0.717) is 17.7 Å². The number of aromatic amines is 2. The minimum absolute atomic E-state index is 0.217. The molecule has 0 radical (unpaired) electrons. The second-order valence-corrected chi connectivity index (χ2v) is 7.51. The Morgan fingerprint density at radius 3 is 2.13 bits per heavy atom. The number of ether oxygens (including phenoxy) is 2. The van der Waals surface area contributed by atoms with Crippen molar-refractivity contribution in [3.05, 3.63) is 74.9 Å². The fourth-order valence-corrected chi connectivity index (χ4v) is 4.03. The van der Waals surface area contributed by atoms with Gasteiger partial charge in [-0.1, -0.05) is 0 Å². The molecule has 1 aromatic carbocycles. The molecule has 0 saturated carbocycles. The van der Waals surface area contributed by atoms with Gasteiger partial charge in [-0.15, -0.1) is 0 Å². The molecule has 2 N–H and O–H groups in total. The number of methoxy groups -OCH3 is 1. The lowest BCUT2D eigenvalue weighted by Gasteiger charge is -2.21. The maximum absolute atomic E-state index is 12.4. The highest BCUT2D eigenvalue weighted by molar-refractivity contribution is 5.91. The summed E-state index contributed by atoms with van der Waals surface area (Å²) >= 11 is 0. The van der Waals surface area contributed by atoms with E-state index in [1.54, 1.807) is 14.0 Å². The van der Waals surface area contributed by atoms with E-state index in [1.807, 2.05) is 52.0 Å². The van der Waals surface area contributed by atoms with Crippen molar-refractivity contribution in [2.24, 2.45) is 0 Å². The van der Waals surface area contributed by atoms with Crippen LogP contribution in [0.1, 0.15) is 73.0 Å². The van der Waals surface area contributed by atoms with Crippen molar-refractivity contribution in [3.8, 4) is 5.75 Å². The van der Waals surface area contributed by atoms with Crippen molar-refractivity contribution in [1.29, 1.82) is 0 Å². The van der Waals surface area contributed by atoms with Gasteiger partial charge in [-0.2, -0.15) is 0 Å². The highest BCUT2D eigenvalue weighted by atomic mass is 16.5. The number of carbonyl (C=O) groups is 2. The number of nitrogens with one attached hydrogen (secondary N) is 2. The largest absolute Gasteiger partial charge is 0.497 e. The summed E-state index contributed by atoms with van der Waals surface area (Å²) in [5.74, 6) is 0.222. The van der Waals surface area contributed by atoms with Gasteiger partial charge in [0.25, 0.3) is 0 Å². The molecule has 0 aliphatic carbocycles. The molecule has 0 bridgehead atoms. The maximum atomic E-state index is 12.4. The summed E-state index contributed by atoms with van der Waals surface area (Å²) in [6.07, 6.45) is 0.851. The molecule has 0 aliphatic heterocycles. The third kappa shape index (κ3) is 3.90. The predicted octanol–water partition coefficient (Wildman–Crippen LogP) is 4.75. The Bertz CT molecular complexity index is 1070. The third-order valence-corrected chi connectivity index (χ3v) is 5.45. The summed E-state index contributed by atoms with van der Waals surface area (Å²) in [5, 5.41) is 0. The number of benzene rings is 1. The molecule has 2 aromatic heterocycles. The lowest BCUT2D eigenvalue weighted by atomic mass is 9.85. The number of aryl methyl sites for hydroxylation is 4. The van der Waals surface area contributed by atoms with Crippen molar-refractivity contribution in [2.45, 2.75) is 40.5 Å². The predicted molar refractivity (Wildman–Crippen MR) is 116 cm³/mol. The van der Waals surface area contributed by atoms with Gasteiger partial charge in [0, 0.05) is 28.3 Å². The summed E-state index contributed by atoms with van der Waals surface area (Å²) in [6, 6.07) is 7.70. The molecule has 6 nitrogen and oxygen atoms in total. The van der Waals surface area contributed by atoms with Crippen LogP contribution in [0.3, 0.4) is 0 Å². The topological polar surface area (TPSA) is 84.2 Å². The van der Waals surface area contributed by atoms with E-state index < -0.39 is 0 Å². The summed E-state index contributed by atoms with van der Waals surface area (Å²) < 4.78 is 10.6. The molecule has 0 aliphatic rings. The minimum atomic E-state index is -0.351. The molecule has 3 rings (SSSR count). The second-order valence-electron chi connectivity index (χ2n) is 7.51. The molecule has 6 heteroatoms. The molecular formula is C24H28N2O4. The van der Waals surface area contributed by atoms with Crippen LogP contribution in [0.4, 0.5) is 0 Å². The fourth-order valence-electron chi connectivity index (χ4n) is 4.03. The van der Waals surface area contributed by atoms with E-state index in [4.69, 9.17) is 9.47 Å². The third-order valence-electron chi connectivity index (χ3n) is 5.45. The standard InChI is InChI=1S/C24H28N2O4/c1-7-30-24(28)19-11-21(26-16(19)5)23(20-10-17(12-27)15(4)25-20)22-13(2)8-18(29-6)9-14(22)3/h8-12,23,25-26H,7H2,1-6H3. The molecule has 0 amide bonds. The van der Waals surface area contributed by atoms with E-state index in [-0.39, 0.29) is 11.9 Å². The van der Waals surface area contributed by atoms with E-state index >= 15 is 0 Å². The SMILES string of the molecule is CCOC(=O)c1cc(C(c2cc(C=O)c(C)[nH]2)c2c(C)cc(OC)cc2C)[nH]c1C. The first-order chi connectivity index (χ1) is 14.3. The van der Waals surface area contributed by atoms with Crippen LogP contribution in [0.2, 0.25) is 0 Å². The number of hydrogen-bond donors (Lipinski definition) is 2. The molecule has 1 unspecified atom stereocenters. The highest BCUT2D eigenvalue weighted by Gasteiger charge is 2.27. The Balaban J connectivity index is 2.23. The summed E-state index contributed by atoms with van der Waals surface area (Å²) in [7, 11) is 1.65. The quantitative estimate of drug-likeness (QED) is 0.436. The van der Waals surface area contributed by atoms with Gasteiger partial charge in [0.05, 0.1) is 25.2 Å². The zero-order valence-corrected chi connectivity index (χ0v) is 18.3. The molecule has 0 fully saturated rings. The molecule has 158 valence electrons. The number of aldehydes is 1. The Labute approximate surface area is 176 Å². The molecule has 1 atom stereocenters. The highest BCUT2D eigenvalue weighted by Crippen LogP contribution is 2.38. The van der Waals surface area contributed by atoms with Gasteiger partial charge in [-0.3, -0.25) is 4.79 Å². The van der Waals surface area contributed by atoms with Gasteiger partial charge >= 0.3 is 5.97 Å². The molecule has 0 spiro atoms. The van der Waals surface area contributed by atoms with Crippen molar-refractivity contribution in [3.63, 3.8) is 0 Å². The molecule has 2 heterocycles. The monoisotopic (exact) mass is 408 g/mol. The Morgan fingerprint density at radius 1 is 1.00 bits per heavy atom. The minimum Gasteiger partial charge on any atom is -0.497 e. The number of H-pyrrole nitrogens is 2.